The maximum Gasteiger partial charge on any atom is 0.335 e. The average molecular weight is 403 g/mol. The number of fused-ring (bicyclic) bond motifs is 1. The maximum atomic E-state index is 10.9. The Kier molecular flexibility index (Phi) is 3.20. The van der Waals surface area contributed by atoms with Gasteiger partial charge in [0.15, 0.2) is 5.58 Å². The first-order valence-corrected chi connectivity index (χ1v) is 7.54. The summed E-state index contributed by atoms with van der Waals surface area (Å²) in [6.45, 7) is 0. The van der Waals surface area contributed by atoms with E-state index in [-0.39, 0.29) is 5.56 Å². The lowest BCUT2D eigenvalue weighted by molar-refractivity contribution is 0.0697. The van der Waals surface area contributed by atoms with Crippen LogP contribution in [-0.2, 0) is 0 Å². The molecule has 7 heteroatoms. The number of carboxylic acids is 1. The van der Waals surface area contributed by atoms with E-state index in [0.717, 1.165) is 13.1 Å². The maximum absolute atomic E-state index is 10.9. The molecule has 3 aromatic rings. The Bertz CT molecular complexity index is 793. The lowest BCUT2D eigenvalue weighted by Crippen LogP contribution is -1.94. The van der Waals surface area contributed by atoms with Gasteiger partial charge in [-0.1, -0.05) is 0 Å². The number of carbonyl (C=O) groups is 1. The molecule has 3 rings (SSSR count). The molecule has 4 nitrogen and oxygen atoms in total. The summed E-state index contributed by atoms with van der Waals surface area (Å²) >= 11 is 8.36. The molecule has 0 radical (unpaired) electrons. The van der Waals surface area contributed by atoms with Crippen LogP contribution in [0.5, 0.6) is 0 Å². The van der Waals surface area contributed by atoms with E-state index in [1.165, 1.54) is 23.5 Å². The molecule has 0 aliphatic carbocycles. The normalized spacial score (nSPS) is 11.1. The first-order valence-electron chi connectivity index (χ1n) is 5.13. The van der Waals surface area contributed by atoms with Crippen molar-refractivity contribution < 1.29 is 14.3 Å². The van der Waals surface area contributed by atoms with Crippen molar-refractivity contribution in [3.63, 3.8) is 0 Å². The van der Waals surface area contributed by atoms with Crippen molar-refractivity contribution in [3.8, 4) is 11.5 Å². The van der Waals surface area contributed by atoms with Crippen LogP contribution >= 0.6 is 43.2 Å². The molecule has 0 fully saturated rings. The number of benzene rings is 1. The Hall–Kier alpha value is -1.18. The molecule has 2 aromatic heterocycles. The van der Waals surface area contributed by atoms with Crippen LogP contribution in [0, 0.1) is 0 Å². The van der Waals surface area contributed by atoms with Gasteiger partial charge in [0.05, 0.1) is 18.7 Å². The zero-order chi connectivity index (χ0) is 13.6. The molecular formula is C12H5Br2NO3S. The van der Waals surface area contributed by atoms with Gasteiger partial charge in [-0.3, -0.25) is 0 Å². The van der Waals surface area contributed by atoms with Gasteiger partial charge in [0.25, 0.3) is 0 Å². The quantitative estimate of drug-likeness (QED) is 0.669. The molecule has 19 heavy (non-hydrogen) atoms. The molecule has 1 aromatic carbocycles. The van der Waals surface area contributed by atoms with Gasteiger partial charge in [-0.05, 0) is 56.1 Å². The SMILES string of the molecule is O=C(O)c1ccc2nc(-c3cc(Br)sc3Br)oc2c1. The summed E-state index contributed by atoms with van der Waals surface area (Å²) in [7, 11) is 0. The Morgan fingerprint density at radius 2 is 2.11 bits per heavy atom. The Balaban J connectivity index is 2.16. The van der Waals surface area contributed by atoms with E-state index in [1.807, 2.05) is 6.07 Å². The van der Waals surface area contributed by atoms with E-state index >= 15 is 0 Å². The van der Waals surface area contributed by atoms with E-state index < -0.39 is 5.97 Å². The molecule has 0 aliphatic heterocycles. The van der Waals surface area contributed by atoms with Gasteiger partial charge in [0.2, 0.25) is 5.89 Å². The molecule has 96 valence electrons. The van der Waals surface area contributed by atoms with Crippen molar-refractivity contribution >= 4 is 60.3 Å². The number of carboxylic acid groups (broad SMARTS) is 1. The minimum Gasteiger partial charge on any atom is -0.478 e. The van der Waals surface area contributed by atoms with Crippen molar-refractivity contribution in [1.29, 1.82) is 0 Å². The van der Waals surface area contributed by atoms with Crippen LogP contribution in [0.4, 0.5) is 0 Å². The highest BCUT2D eigenvalue weighted by Crippen LogP contribution is 2.39. The Morgan fingerprint density at radius 3 is 2.74 bits per heavy atom. The van der Waals surface area contributed by atoms with Crippen molar-refractivity contribution in [2.24, 2.45) is 0 Å². The van der Waals surface area contributed by atoms with Crippen molar-refractivity contribution in [2.75, 3.05) is 0 Å². The fourth-order valence-corrected chi connectivity index (χ4v) is 4.44. The molecule has 0 saturated carbocycles. The number of halogens is 2. The van der Waals surface area contributed by atoms with E-state index in [1.54, 1.807) is 6.07 Å². The van der Waals surface area contributed by atoms with Crippen molar-refractivity contribution in [1.82, 2.24) is 4.98 Å². The van der Waals surface area contributed by atoms with E-state index in [9.17, 15) is 4.79 Å². The number of aromatic nitrogens is 1. The molecule has 1 N–H and O–H groups in total. The Labute approximate surface area is 128 Å². The third-order valence-electron chi connectivity index (χ3n) is 2.52. The second-order valence-corrected chi connectivity index (χ2v) is 7.49. The number of aromatic carboxylic acids is 1. The molecule has 0 saturated heterocycles. The van der Waals surface area contributed by atoms with Crippen LogP contribution in [0.1, 0.15) is 10.4 Å². The summed E-state index contributed by atoms with van der Waals surface area (Å²) < 4.78 is 7.49. The number of rotatable bonds is 2. The van der Waals surface area contributed by atoms with Crippen LogP contribution in [0.3, 0.4) is 0 Å². The highest BCUT2D eigenvalue weighted by atomic mass is 79.9. The summed E-state index contributed by atoms with van der Waals surface area (Å²) in [5.41, 5.74) is 2.11. The van der Waals surface area contributed by atoms with Gasteiger partial charge in [-0.2, -0.15) is 0 Å². The summed E-state index contributed by atoms with van der Waals surface area (Å²) in [6, 6.07) is 6.53. The largest absolute Gasteiger partial charge is 0.478 e. The van der Waals surface area contributed by atoms with Crippen LogP contribution in [0.15, 0.2) is 36.3 Å². The molecule has 0 amide bonds. The first-order chi connectivity index (χ1) is 9.04. The van der Waals surface area contributed by atoms with Crippen LogP contribution in [0.2, 0.25) is 0 Å². The Morgan fingerprint density at radius 1 is 1.32 bits per heavy atom. The van der Waals surface area contributed by atoms with Gasteiger partial charge in [0, 0.05) is 0 Å². The molecule has 0 atom stereocenters. The van der Waals surface area contributed by atoms with E-state index in [2.05, 4.69) is 36.8 Å². The number of hydrogen-bond acceptors (Lipinski definition) is 4. The lowest BCUT2D eigenvalue weighted by atomic mass is 10.2. The monoisotopic (exact) mass is 401 g/mol. The van der Waals surface area contributed by atoms with Crippen molar-refractivity contribution in [3.05, 3.63) is 37.4 Å². The molecular weight excluding hydrogens is 398 g/mol. The van der Waals surface area contributed by atoms with Gasteiger partial charge < -0.3 is 9.52 Å². The van der Waals surface area contributed by atoms with Crippen LogP contribution in [0.25, 0.3) is 22.6 Å². The van der Waals surface area contributed by atoms with Gasteiger partial charge in [-0.25, -0.2) is 9.78 Å². The highest BCUT2D eigenvalue weighted by molar-refractivity contribution is 9.12. The van der Waals surface area contributed by atoms with Crippen molar-refractivity contribution in [2.45, 2.75) is 0 Å². The predicted octanol–water partition coefficient (Wildman–Crippen LogP) is 4.78. The predicted molar refractivity (Wildman–Crippen MR) is 79.7 cm³/mol. The number of oxazole rings is 1. The molecule has 2 heterocycles. The average Bonchev–Trinajstić information content (AvgIpc) is 2.90. The summed E-state index contributed by atoms with van der Waals surface area (Å²) in [4.78, 5) is 15.3. The van der Waals surface area contributed by atoms with Crippen LogP contribution < -0.4 is 0 Å². The second kappa shape index (κ2) is 4.73. The molecule has 0 aliphatic rings. The molecule has 0 bridgehead atoms. The summed E-state index contributed by atoms with van der Waals surface area (Å²) in [5.74, 6) is -0.523. The topological polar surface area (TPSA) is 63.3 Å². The van der Waals surface area contributed by atoms with E-state index in [0.29, 0.717) is 17.0 Å². The standard InChI is InChI=1S/C12H5Br2NO3S/c13-9-4-6(10(14)19-9)11-15-7-2-1-5(12(16)17)3-8(7)18-11/h1-4H,(H,16,17). The smallest absolute Gasteiger partial charge is 0.335 e. The zero-order valence-corrected chi connectivity index (χ0v) is 13.2. The fraction of sp³-hybridized carbons (Fsp3) is 0. The zero-order valence-electron chi connectivity index (χ0n) is 9.18. The van der Waals surface area contributed by atoms with Gasteiger partial charge >= 0.3 is 5.97 Å². The van der Waals surface area contributed by atoms with Gasteiger partial charge in [0.1, 0.15) is 5.52 Å². The number of thiophene rings is 1. The third-order valence-corrected chi connectivity index (χ3v) is 4.86. The molecule has 0 unspecified atom stereocenters. The minimum atomic E-state index is -0.987. The second-order valence-electron chi connectivity index (χ2n) is 3.74. The summed E-state index contributed by atoms with van der Waals surface area (Å²) in [6.07, 6.45) is 0. The van der Waals surface area contributed by atoms with Crippen LogP contribution in [-0.4, -0.2) is 16.1 Å². The third kappa shape index (κ3) is 2.33. The fourth-order valence-electron chi connectivity index (χ4n) is 1.66. The molecule has 0 spiro atoms. The van der Waals surface area contributed by atoms with Gasteiger partial charge in [-0.15, -0.1) is 11.3 Å². The van der Waals surface area contributed by atoms with E-state index in [4.69, 9.17) is 9.52 Å². The summed E-state index contributed by atoms with van der Waals surface area (Å²) in [5, 5.41) is 8.94. The lowest BCUT2D eigenvalue weighted by Gasteiger charge is -1.91. The minimum absolute atomic E-state index is 0.181. The number of nitrogens with zero attached hydrogens (tertiary/aromatic N) is 1. The number of hydrogen-bond donors (Lipinski definition) is 1. The first kappa shape index (κ1) is 12.8. The highest BCUT2D eigenvalue weighted by Gasteiger charge is 2.15.